The van der Waals surface area contributed by atoms with E-state index in [1.165, 1.54) is 12.8 Å². The Labute approximate surface area is 135 Å². The van der Waals surface area contributed by atoms with E-state index in [-0.39, 0.29) is 6.04 Å². The monoisotopic (exact) mass is 375 g/mol. The molecular formula is C15H22BrNO3S. The molecule has 0 radical (unpaired) electrons. The summed E-state index contributed by atoms with van der Waals surface area (Å²) in [4.78, 5) is 0.307. The molecule has 0 atom stereocenters. The minimum absolute atomic E-state index is 0.110. The number of nitrogens with zero attached hydrogens (tertiary/aromatic N) is 1. The summed E-state index contributed by atoms with van der Waals surface area (Å²) in [6.45, 7) is 0. The lowest BCUT2D eigenvalue weighted by Crippen LogP contribution is -2.36. The van der Waals surface area contributed by atoms with E-state index >= 15 is 0 Å². The summed E-state index contributed by atoms with van der Waals surface area (Å²) in [6, 6.07) is 5.00. The van der Waals surface area contributed by atoms with Gasteiger partial charge in [0.2, 0.25) is 10.0 Å². The SMILES string of the molecule is COc1ccc(S(=O)(=O)N(C)C2CCCCCC2)cc1Br. The van der Waals surface area contributed by atoms with E-state index in [1.807, 2.05) is 0 Å². The molecule has 1 aromatic rings. The molecule has 6 heteroatoms. The number of benzene rings is 1. The van der Waals surface area contributed by atoms with Crippen LogP contribution in [0.4, 0.5) is 0 Å². The van der Waals surface area contributed by atoms with Gasteiger partial charge >= 0.3 is 0 Å². The zero-order chi connectivity index (χ0) is 15.5. The number of methoxy groups -OCH3 is 1. The number of halogens is 1. The number of ether oxygens (including phenoxy) is 1. The molecule has 1 aliphatic rings. The molecule has 0 bridgehead atoms. The van der Waals surface area contributed by atoms with E-state index in [1.54, 1.807) is 36.7 Å². The Hall–Kier alpha value is -0.590. The van der Waals surface area contributed by atoms with Gasteiger partial charge < -0.3 is 4.74 Å². The van der Waals surface area contributed by atoms with Gasteiger partial charge in [-0.1, -0.05) is 25.7 Å². The topological polar surface area (TPSA) is 46.6 Å². The summed E-state index contributed by atoms with van der Waals surface area (Å²) in [5, 5.41) is 0. The van der Waals surface area contributed by atoms with Gasteiger partial charge in [-0.25, -0.2) is 8.42 Å². The first kappa shape index (κ1) is 16.8. The van der Waals surface area contributed by atoms with Crippen molar-refractivity contribution in [3.8, 4) is 5.75 Å². The van der Waals surface area contributed by atoms with Crippen LogP contribution in [0.1, 0.15) is 38.5 Å². The summed E-state index contributed by atoms with van der Waals surface area (Å²) in [5.41, 5.74) is 0. The molecular weight excluding hydrogens is 354 g/mol. The molecule has 0 amide bonds. The molecule has 0 saturated heterocycles. The molecule has 1 saturated carbocycles. The predicted molar refractivity (Wildman–Crippen MR) is 87.1 cm³/mol. The Bertz CT molecular complexity index is 581. The molecule has 0 heterocycles. The van der Waals surface area contributed by atoms with Crippen LogP contribution in [0.25, 0.3) is 0 Å². The second-order valence-corrected chi connectivity index (χ2v) is 8.31. The van der Waals surface area contributed by atoms with Gasteiger partial charge in [0, 0.05) is 13.1 Å². The van der Waals surface area contributed by atoms with Crippen LogP contribution >= 0.6 is 15.9 Å². The van der Waals surface area contributed by atoms with Crippen LogP contribution in [0.5, 0.6) is 5.75 Å². The van der Waals surface area contributed by atoms with Gasteiger partial charge in [-0.15, -0.1) is 0 Å². The normalized spacial score (nSPS) is 17.7. The van der Waals surface area contributed by atoms with E-state index in [0.717, 1.165) is 25.7 Å². The Morgan fingerprint density at radius 2 is 1.81 bits per heavy atom. The van der Waals surface area contributed by atoms with Crippen LogP contribution in [0.2, 0.25) is 0 Å². The third kappa shape index (κ3) is 3.79. The lowest BCUT2D eigenvalue weighted by molar-refractivity contribution is 0.335. The number of sulfonamides is 1. The third-order valence-electron chi connectivity index (χ3n) is 4.14. The van der Waals surface area contributed by atoms with Crippen molar-refractivity contribution in [2.75, 3.05) is 14.2 Å². The van der Waals surface area contributed by atoms with Gasteiger partial charge in [0.25, 0.3) is 0 Å². The van der Waals surface area contributed by atoms with E-state index in [2.05, 4.69) is 15.9 Å². The van der Waals surface area contributed by atoms with E-state index < -0.39 is 10.0 Å². The molecule has 4 nitrogen and oxygen atoms in total. The van der Waals surface area contributed by atoms with Gasteiger partial charge in [0.05, 0.1) is 16.5 Å². The zero-order valence-electron chi connectivity index (χ0n) is 12.5. The molecule has 0 N–H and O–H groups in total. The molecule has 2 rings (SSSR count). The first-order valence-corrected chi connectivity index (χ1v) is 9.51. The fourth-order valence-corrected chi connectivity index (χ4v) is 4.93. The lowest BCUT2D eigenvalue weighted by Gasteiger charge is -2.26. The summed E-state index contributed by atoms with van der Waals surface area (Å²) in [6.07, 6.45) is 6.53. The summed E-state index contributed by atoms with van der Waals surface area (Å²) >= 11 is 3.35. The standard InChI is InChI=1S/C15H22BrNO3S/c1-17(12-7-5-3-4-6-8-12)21(18,19)13-9-10-15(20-2)14(16)11-13/h9-12H,3-8H2,1-2H3. The molecule has 0 spiro atoms. The molecule has 1 aromatic carbocycles. The van der Waals surface area contributed by atoms with Crippen molar-refractivity contribution in [3.63, 3.8) is 0 Å². The van der Waals surface area contributed by atoms with Crippen molar-refractivity contribution in [1.82, 2.24) is 4.31 Å². The van der Waals surface area contributed by atoms with Gasteiger partial charge in [-0.3, -0.25) is 0 Å². The molecule has 118 valence electrons. The van der Waals surface area contributed by atoms with Crippen molar-refractivity contribution < 1.29 is 13.2 Å². The molecule has 1 aliphatic carbocycles. The summed E-state index contributed by atoms with van der Waals surface area (Å²) < 4.78 is 32.9. The Kier molecular flexibility index (Phi) is 5.68. The van der Waals surface area contributed by atoms with Gasteiger partial charge in [0.1, 0.15) is 5.75 Å². The second-order valence-electron chi connectivity index (χ2n) is 5.46. The van der Waals surface area contributed by atoms with Crippen molar-refractivity contribution in [2.45, 2.75) is 49.5 Å². The van der Waals surface area contributed by atoms with Crippen LogP contribution in [0, 0.1) is 0 Å². The number of hydrogen-bond donors (Lipinski definition) is 0. The summed E-state index contributed by atoms with van der Waals surface area (Å²) in [7, 11) is -0.195. The van der Waals surface area contributed by atoms with Crippen LogP contribution in [-0.2, 0) is 10.0 Å². The smallest absolute Gasteiger partial charge is 0.243 e. The first-order valence-electron chi connectivity index (χ1n) is 7.28. The Balaban J connectivity index is 2.25. The largest absolute Gasteiger partial charge is 0.496 e. The maximum Gasteiger partial charge on any atom is 0.243 e. The van der Waals surface area contributed by atoms with Crippen LogP contribution in [0.3, 0.4) is 0 Å². The zero-order valence-corrected chi connectivity index (χ0v) is 14.9. The van der Waals surface area contributed by atoms with Crippen molar-refractivity contribution in [1.29, 1.82) is 0 Å². The molecule has 0 aromatic heterocycles. The van der Waals surface area contributed by atoms with Gasteiger partial charge in [-0.2, -0.15) is 4.31 Å². The highest BCUT2D eigenvalue weighted by Gasteiger charge is 2.28. The predicted octanol–water partition coefficient (Wildman–Crippen LogP) is 3.80. The molecule has 0 unspecified atom stereocenters. The second kappa shape index (κ2) is 7.11. The summed E-state index contributed by atoms with van der Waals surface area (Å²) in [5.74, 6) is 0.631. The highest BCUT2D eigenvalue weighted by molar-refractivity contribution is 9.10. The Morgan fingerprint density at radius 3 is 2.33 bits per heavy atom. The number of hydrogen-bond acceptors (Lipinski definition) is 3. The third-order valence-corrected chi connectivity index (χ3v) is 6.66. The molecule has 21 heavy (non-hydrogen) atoms. The van der Waals surface area contributed by atoms with Crippen molar-refractivity contribution in [3.05, 3.63) is 22.7 Å². The lowest BCUT2D eigenvalue weighted by atomic mass is 10.1. The average molecular weight is 376 g/mol. The van der Waals surface area contributed by atoms with Crippen LogP contribution in [-0.4, -0.2) is 32.9 Å². The minimum Gasteiger partial charge on any atom is -0.496 e. The van der Waals surface area contributed by atoms with Crippen LogP contribution < -0.4 is 4.74 Å². The fourth-order valence-electron chi connectivity index (χ4n) is 2.79. The minimum atomic E-state index is -3.45. The van der Waals surface area contributed by atoms with Crippen molar-refractivity contribution >= 4 is 26.0 Å². The van der Waals surface area contributed by atoms with Crippen molar-refractivity contribution in [2.24, 2.45) is 0 Å². The quantitative estimate of drug-likeness (QED) is 0.751. The highest BCUT2D eigenvalue weighted by atomic mass is 79.9. The van der Waals surface area contributed by atoms with Gasteiger partial charge in [-0.05, 0) is 47.0 Å². The first-order chi connectivity index (χ1) is 9.96. The van der Waals surface area contributed by atoms with E-state index in [0.29, 0.717) is 15.1 Å². The fraction of sp³-hybridized carbons (Fsp3) is 0.600. The van der Waals surface area contributed by atoms with Gasteiger partial charge in [0.15, 0.2) is 0 Å². The number of rotatable bonds is 4. The van der Waals surface area contributed by atoms with Crippen LogP contribution in [0.15, 0.2) is 27.6 Å². The van der Waals surface area contributed by atoms with E-state index in [4.69, 9.17) is 4.74 Å². The van der Waals surface area contributed by atoms with E-state index in [9.17, 15) is 8.42 Å². The highest BCUT2D eigenvalue weighted by Crippen LogP contribution is 2.30. The maximum absolute atomic E-state index is 12.8. The maximum atomic E-state index is 12.8. The molecule has 0 aliphatic heterocycles. The average Bonchev–Trinajstić information content (AvgIpc) is 2.75. The molecule has 1 fully saturated rings. The Morgan fingerprint density at radius 1 is 1.19 bits per heavy atom.